The third kappa shape index (κ3) is 5.53. The van der Waals surface area contributed by atoms with Crippen LogP contribution in [0.4, 0.5) is 0 Å². The van der Waals surface area contributed by atoms with Crippen molar-refractivity contribution >= 4 is 5.97 Å². The summed E-state index contributed by atoms with van der Waals surface area (Å²) in [6.45, 7) is 12.5. The smallest absolute Gasteiger partial charge is 0.309 e. The lowest BCUT2D eigenvalue weighted by Crippen LogP contribution is -2.31. The maximum Gasteiger partial charge on any atom is 0.309 e. The molecule has 0 bridgehead atoms. The molecule has 0 saturated heterocycles. The van der Waals surface area contributed by atoms with Gasteiger partial charge in [0.1, 0.15) is 0 Å². The molecule has 0 aliphatic rings. The second kappa shape index (κ2) is 5.70. The molecule has 0 saturated carbocycles. The average Bonchev–Trinajstić information content (AvgIpc) is 1.99. The van der Waals surface area contributed by atoms with Crippen LogP contribution in [0.25, 0.3) is 0 Å². The summed E-state index contributed by atoms with van der Waals surface area (Å²) >= 11 is 0. The van der Waals surface area contributed by atoms with Crippen molar-refractivity contribution in [1.29, 1.82) is 0 Å². The normalized spacial score (nSPS) is 14.9. The molecule has 1 unspecified atom stereocenters. The first-order valence-electron chi connectivity index (χ1n) is 6.34. The number of carboxylic acids is 1. The highest BCUT2D eigenvalue weighted by atomic mass is 16.4. The molecule has 16 heavy (non-hydrogen) atoms. The van der Waals surface area contributed by atoms with Crippen LogP contribution in [-0.4, -0.2) is 11.1 Å². The molecule has 0 fully saturated rings. The summed E-state index contributed by atoms with van der Waals surface area (Å²) in [5.74, 6) is -0.00619. The Kier molecular flexibility index (Phi) is 5.51. The molecular formula is C14H28O2. The first-order valence-corrected chi connectivity index (χ1v) is 6.34. The maximum atomic E-state index is 11.1. The third-order valence-corrected chi connectivity index (χ3v) is 3.18. The van der Waals surface area contributed by atoms with Crippen molar-refractivity contribution in [1.82, 2.24) is 0 Å². The van der Waals surface area contributed by atoms with Crippen LogP contribution in [0.1, 0.15) is 67.2 Å². The Morgan fingerprint density at radius 1 is 1.25 bits per heavy atom. The van der Waals surface area contributed by atoms with E-state index in [1.54, 1.807) is 0 Å². The SMILES string of the molecule is CCCC(C)CC(C)(C)CC(C)(C)C(=O)O. The van der Waals surface area contributed by atoms with Gasteiger partial charge in [0.25, 0.3) is 0 Å². The molecule has 1 N–H and O–H groups in total. The van der Waals surface area contributed by atoms with Crippen LogP contribution >= 0.6 is 0 Å². The topological polar surface area (TPSA) is 37.3 Å². The van der Waals surface area contributed by atoms with Crippen LogP contribution in [-0.2, 0) is 4.79 Å². The second-order valence-corrected chi connectivity index (χ2v) is 6.63. The molecule has 0 rings (SSSR count). The first-order chi connectivity index (χ1) is 7.10. The number of carboxylic acid groups (broad SMARTS) is 1. The van der Waals surface area contributed by atoms with Gasteiger partial charge in [-0.3, -0.25) is 4.79 Å². The highest BCUT2D eigenvalue weighted by molar-refractivity contribution is 5.73. The van der Waals surface area contributed by atoms with Gasteiger partial charge in [0, 0.05) is 0 Å². The van der Waals surface area contributed by atoms with Crippen molar-refractivity contribution in [2.45, 2.75) is 67.2 Å². The minimum absolute atomic E-state index is 0.108. The first kappa shape index (κ1) is 15.5. The molecule has 2 heteroatoms. The summed E-state index contributed by atoms with van der Waals surface area (Å²) in [5.41, 5.74) is -0.508. The fourth-order valence-electron chi connectivity index (χ4n) is 2.88. The lowest BCUT2D eigenvalue weighted by Gasteiger charge is -2.34. The van der Waals surface area contributed by atoms with Crippen LogP contribution in [0.3, 0.4) is 0 Å². The molecule has 0 aliphatic carbocycles. The lowest BCUT2D eigenvalue weighted by molar-refractivity contribution is -0.148. The Morgan fingerprint density at radius 2 is 1.75 bits per heavy atom. The van der Waals surface area contributed by atoms with Crippen molar-refractivity contribution in [3.8, 4) is 0 Å². The van der Waals surface area contributed by atoms with Gasteiger partial charge < -0.3 is 5.11 Å². The van der Waals surface area contributed by atoms with Gasteiger partial charge in [0.15, 0.2) is 0 Å². The predicted octanol–water partition coefficient (Wildman–Crippen LogP) is 4.34. The van der Waals surface area contributed by atoms with Gasteiger partial charge in [-0.2, -0.15) is 0 Å². The molecule has 0 amide bonds. The monoisotopic (exact) mass is 228 g/mol. The summed E-state index contributed by atoms with van der Waals surface area (Å²) < 4.78 is 0. The van der Waals surface area contributed by atoms with E-state index in [2.05, 4.69) is 27.7 Å². The summed E-state index contributed by atoms with van der Waals surface area (Å²) in [5, 5.41) is 9.14. The van der Waals surface area contributed by atoms with Crippen molar-refractivity contribution in [3.63, 3.8) is 0 Å². The van der Waals surface area contributed by atoms with E-state index in [-0.39, 0.29) is 5.41 Å². The van der Waals surface area contributed by atoms with E-state index in [1.165, 1.54) is 12.8 Å². The van der Waals surface area contributed by atoms with E-state index < -0.39 is 11.4 Å². The minimum atomic E-state index is -0.691. The zero-order valence-corrected chi connectivity index (χ0v) is 11.8. The Balaban J connectivity index is 4.39. The number of hydrogen-bond donors (Lipinski definition) is 1. The lowest BCUT2D eigenvalue weighted by atomic mass is 9.71. The van der Waals surface area contributed by atoms with Gasteiger partial charge in [-0.1, -0.05) is 40.5 Å². The molecule has 0 aromatic heterocycles. The Bertz CT molecular complexity index is 229. The minimum Gasteiger partial charge on any atom is -0.481 e. The molecule has 0 aromatic carbocycles. The predicted molar refractivity (Wildman–Crippen MR) is 68.5 cm³/mol. The zero-order valence-electron chi connectivity index (χ0n) is 11.8. The van der Waals surface area contributed by atoms with Crippen molar-refractivity contribution in [3.05, 3.63) is 0 Å². The molecule has 0 aromatic rings. The zero-order chi connectivity index (χ0) is 13.0. The Hall–Kier alpha value is -0.530. The number of aliphatic carboxylic acids is 1. The van der Waals surface area contributed by atoms with E-state index in [0.29, 0.717) is 5.92 Å². The molecule has 1 atom stereocenters. The largest absolute Gasteiger partial charge is 0.481 e. The highest BCUT2D eigenvalue weighted by Gasteiger charge is 2.35. The van der Waals surface area contributed by atoms with Crippen LogP contribution in [0.15, 0.2) is 0 Å². The standard InChI is InChI=1S/C14H28O2/c1-7-8-11(2)9-13(3,4)10-14(5,6)12(15)16/h11H,7-10H2,1-6H3,(H,15,16). The van der Waals surface area contributed by atoms with Gasteiger partial charge in [-0.05, 0) is 38.0 Å². The van der Waals surface area contributed by atoms with Crippen LogP contribution < -0.4 is 0 Å². The van der Waals surface area contributed by atoms with E-state index >= 15 is 0 Å². The third-order valence-electron chi connectivity index (χ3n) is 3.18. The van der Waals surface area contributed by atoms with Crippen LogP contribution in [0, 0.1) is 16.7 Å². The number of carbonyl (C=O) groups is 1. The van der Waals surface area contributed by atoms with Gasteiger partial charge in [0.05, 0.1) is 5.41 Å². The van der Waals surface area contributed by atoms with E-state index in [4.69, 9.17) is 5.11 Å². The van der Waals surface area contributed by atoms with Crippen LogP contribution in [0.5, 0.6) is 0 Å². The summed E-state index contributed by atoms with van der Waals surface area (Å²) in [6.07, 6.45) is 4.29. The fraction of sp³-hybridized carbons (Fsp3) is 0.929. The van der Waals surface area contributed by atoms with Gasteiger partial charge in [-0.25, -0.2) is 0 Å². The maximum absolute atomic E-state index is 11.1. The van der Waals surface area contributed by atoms with E-state index in [9.17, 15) is 4.79 Å². The molecular weight excluding hydrogens is 200 g/mol. The molecule has 96 valence electrons. The van der Waals surface area contributed by atoms with Crippen molar-refractivity contribution < 1.29 is 9.90 Å². The quantitative estimate of drug-likeness (QED) is 0.703. The molecule has 0 heterocycles. The average molecular weight is 228 g/mol. The Labute approximate surface area is 100 Å². The summed E-state index contributed by atoms with van der Waals surface area (Å²) in [6, 6.07) is 0. The second-order valence-electron chi connectivity index (χ2n) is 6.63. The van der Waals surface area contributed by atoms with Crippen LogP contribution in [0.2, 0.25) is 0 Å². The molecule has 2 nitrogen and oxygen atoms in total. The van der Waals surface area contributed by atoms with Gasteiger partial charge >= 0.3 is 5.97 Å². The molecule has 0 aliphatic heterocycles. The molecule has 0 radical (unpaired) electrons. The van der Waals surface area contributed by atoms with Gasteiger partial charge in [0.2, 0.25) is 0 Å². The number of rotatable bonds is 7. The van der Waals surface area contributed by atoms with E-state index in [0.717, 1.165) is 12.8 Å². The fourth-order valence-corrected chi connectivity index (χ4v) is 2.88. The summed E-state index contributed by atoms with van der Waals surface area (Å²) in [7, 11) is 0. The highest BCUT2D eigenvalue weighted by Crippen LogP contribution is 2.39. The van der Waals surface area contributed by atoms with Gasteiger partial charge in [-0.15, -0.1) is 0 Å². The van der Waals surface area contributed by atoms with E-state index in [1.807, 2.05) is 13.8 Å². The van der Waals surface area contributed by atoms with Crippen molar-refractivity contribution in [2.24, 2.45) is 16.7 Å². The van der Waals surface area contributed by atoms with Crippen molar-refractivity contribution in [2.75, 3.05) is 0 Å². The number of hydrogen-bond acceptors (Lipinski definition) is 1. The Morgan fingerprint density at radius 3 is 2.12 bits per heavy atom. The summed E-state index contributed by atoms with van der Waals surface area (Å²) in [4.78, 5) is 11.1. The molecule has 0 spiro atoms.